The first-order valence-electron chi connectivity index (χ1n) is 3.87. The molecule has 0 bridgehead atoms. The van der Waals surface area contributed by atoms with Crippen molar-refractivity contribution < 1.29 is 4.39 Å². The molecular weight excluding hydrogens is 165 g/mol. The van der Waals surface area contributed by atoms with Crippen molar-refractivity contribution in [3.8, 4) is 0 Å². The van der Waals surface area contributed by atoms with Gasteiger partial charge in [-0.2, -0.15) is 0 Å². The normalized spacial score (nSPS) is 10.5. The van der Waals surface area contributed by atoms with E-state index in [1.54, 1.807) is 12.2 Å². The van der Waals surface area contributed by atoms with Crippen LogP contribution in [-0.2, 0) is 0 Å². The van der Waals surface area contributed by atoms with E-state index in [0.717, 1.165) is 5.57 Å². The van der Waals surface area contributed by atoms with Gasteiger partial charge in [0.2, 0.25) is 0 Å². The fourth-order valence-electron chi connectivity index (χ4n) is 0.625. The standard InChI is InChI=1S/C11H14FN/c1-4-5-6-10(2)9-13-11(3)7-8-12/h4-8,13H,1-3,9H2/b6-5-,8-7+. The van der Waals surface area contributed by atoms with Gasteiger partial charge in [0.05, 0.1) is 6.33 Å². The highest BCUT2D eigenvalue weighted by Crippen LogP contribution is 1.94. The molecule has 0 aliphatic heterocycles. The predicted octanol–water partition coefficient (Wildman–Crippen LogP) is 2.87. The van der Waals surface area contributed by atoms with Crippen molar-refractivity contribution in [2.75, 3.05) is 6.54 Å². The highest BCUT2D eigenvalue weighted by Gasteiger charge is 1.88. The molecule has 2 heteroatoms. The monoisotopic (exact) mass is 179 g/mol. The van der Waals surface area contributed by atoms with Crippen LogP contribution in [-0.4, -0.2) is 6.54 Å². The number of hydrogen-bond donors (Lipinski definition) is 1. The van der Waals surface area contributed by atoms with Gasteiger partial charge in [-0.05, 0) is 11.6 Å². The third-order valence-corrected chi connectivity index (χ3v) is 1.27. The molecule has 0 aromatic heterocycles. The second kappa shape index (κ2) is 7.10. The summed E-state index contributed by atoms with van der Waals surface area (Å²) in [7, 11) is 0. The largest absolute Gasteiger partial charge is 0.381 e. The molecule has 0 saturated heterocycles. The Bertz CT molecular complexity index is 249. The number of hydrogen-bond acceptors (Lipinski definition) is 1. The molecule has 0 saturated carbocycles. The van der Waals surface area contributed by atoms with Crippen LogP contribution in [0.5, 0.6) is 0 Å². The lowest BCUT2D eigenvalue weighted by molar-refractivity contribution is 0.717. The molecule has 0 aromatic rings. The highest BCUT2D eigenvalue weighted by molar-refractivity contribution is 5.21. The Kier molecular flexibility index (Phi) is 6.24. The molecule has 70 valence electrons. The molecule has 1 N–H and O–H groups in total. The maximum absolute atomic E-state index is 11.6. The van der Waals surface area contributed by atoms with Gasteiger partial charge in [0.15, 0.2) is 0 Å². The minimum Gasteiger partial charge on any atom is -0.381 e. The van der Waals surface area contributed by atoms with Crippen molar-refractivity contribution >= 4 is 0 Å². The van der Waals surface area contributed by atoms with Crippen LogP contribution < -0.4 is 5.32 Å². The second-order valence-electron chi connectivity index (χ2n) is 2.42. The molecule has 0 amide bonds. The lowest BCUT2D eigenvalue weighted by atomic mass is 10.2. The van der Waals surface area contributed by atoms with Crippen LogP contribution in [0.25, 0.3) is 0 Å². The van der Waals surface area contributed by atoms with Gasteiger partial charge in [0.1, 0.15) is 0 Å². The maximum Gasteiger partial charge on any atom is 0.0887 e. The fraction of sp³-hybridized carbons (Fsp3) is 0.0909. The Morgan fingerprint density at radius 1 is 1.31 bits per heavy atom. The van der Waals surface area contributed by atoms with Crippen LogP contribution >= 0.6 is 0 Å². The van der Waals surface area contributed by atoms with E-state index in [1.165, 1.54) is 6.08 Å². The predicted molar refractivity (Wildman–Crippen MR) is 55.9 cm³/mol. The molecule has 0 aromatic carbocycles. The summed E-state index contributed by atoms with van der Waals surface area (Å²) in [6, 6.07) is 0. The molecule has 1 nitrogen and oxygen atoms in total. The first-order chi connectivity index (χ1) is 6.20. The van der Waals surface area contributed by atoms with Gasteiger partial charge in [-0.1, -0.05) is 38.0 Å². The van der Waals surface area contributed by atoms with Crippen LogP contribution in [0.1, 0.15) is 0 Å². The second-order valence-corrected chi connectivity index (χ2v) is 2.42. The number of allylic oxidation sites excluding steroid dienone is 3. The molecular formula is C11H14FN. The Hall–Kier alpha value is -1.57. The first-order valence-corrected chi connectivity index (χ1v) is 3.87. The Morgan fingerprint density at radius 3 is 2.54 bits per heavy atom. The van der Waals surface area contributed by atoms with Crippen molar-refractivity contribution in [1.82, 2.24) is 5.32 Å². The number of halogens is 1. The minimum atomic E-state index is 0.442. The summed E-state index contributed by atoms with van der Waals surface area (Å²) in [5.74, 6) is 0. The van der Waals surface area contributed by atoms with Crippen molar-refractivity contribution in [3.05, 3.63) is 61.6 Å². The topological polar surface area (TPSA) is 12.0 Å². The van der Waals surface area contributed by atoms with Gasteiger partial charge in [-0.15, -0.1) is 0 Å². The zero-order chi connectivity index (χ0) is 10.1. The summed E-state index contributed by atoms with van der Waals surface area (Å²) in [6.07, 6.45) is 6.98. The van der Waals surface area contributed by atoms with E-state index in [-0.39, 0.29) is 0 Å². The molecule has 0 rings (SSSR count). The maximum atomic E-state index is 11.6. The summed E-state index contributed by atoms with van der Waals surface area (Å²) in [5.41, 5.74) is 1.41. The zero-order valence-electron chi connectivity index (χ0n) is 7.59. The fourth-order valence-corrected chi connectivity index (χ4v) is 0.625. The van der Waals surface area contributed by atoms with Gasteiger partial charge in [0.25, 0.3) is 0 Å². The Labute approximate surface area is 78.7 Å². The van der Waals surface area contributed by atoms with Crippen molar-refractivity contribution in [3.63, 3.8) is 0 Å². The molecule has 0 aliphatic rings. The summed E-state index contributed by atoms with van der Waals surface area (Å²) >= 11 is 0. The average Bonchev–Trinajstić information content (AvgIpc) is 2.12. The van der Waals surface area contributed by atoms with E-state index in [2.05, 4.69) is 25.1 Å². The van der Waals surface area contributed by atoms with Gasteiger partial charge in [-0.25, -0.2) is 4.39 Å². The summed E-state index contributed by atoms with van der Waals surface area (Å²) < 4.78 is 11.6. The molecule has 0 unspecified atom stereocenters. The molecule has 0 fully saturated rings. The van der Waals surface area contributed by atoms with Gasteiger partial charge >= 0.3 is 0 Å². The van der Waals surface area contributed by atoms with Crippen LogP contribution in [0.15, 0.2) is 61.6 Å². The third kappa shape index (κ3) is 6.81. The first kappa shape index (κ1) is 11.4. The van der Waals surface area contributed by atoms with E-state index in [4.69, 9.17) is 0 Å². The molecule has 0 aliphatic carbocycles. The molecule has 0 atom stereocenters. The van der Waals surface area contributed by atoms with E-state index in [9.17, 15) is 4.39 Å². The summed E-state index contributed by atoms with van der Waals surface area (Å²) in [6.45, 7) is 11.4. The third-order valence-electron chi connectivity index (χ3n) is 1.27. The lowest BCUT2D eigenvalue weighted by Gasteiger charge is -2.04. The minimum absolute atomic E-state index is 0.442. The summed E-state index contributed by atoms with van der Waals surface area (Å²) in [5, 5.41) is 2.89. The summed E-state index contributed by atoms with van der Waals surface area (Å²) in [4.78, 5) is 0. The molecule has 13 heavy (non-hydrogen) atoms. The van der Waals surface area contributed by atoms with Gasteiger partial charge in [-0.3, -0.25) is 0 Å². The molecule has 0 heterocycles. The van der Waals surface area contributed by atoms with Crippen LogP contribution in [0.2, 0.25) is 0 Å². The lowest BCUT2D eigenvalue weighted by Crippen LogP contribution is -2.13. The average molecular weight is 179 g/mol. The highest BCUT2D eigenvalue weighted by atomic mass is 19.1. The SMILES string of the molecule is C=C/C=C\C(=C)CNC(=C)/C=C/F. The van der Waals surface area contributed by atoms with E-state index < -0.39 is 0 Å². The molecule has 0 spiro atoms. The Morgan fingerprint density at radius 2 is 2.00 bits per heavy atom. The van der Waals surface area contributed by atoms with Gasteiger partial charge < -0.3 is 5.32 Å². The zero-order valence-corrected chi connectivity index (χ0v) is 7.59. The van der Waals surface area contributed by atoms with Crippen LogP contribution in [0.4, 0.5) is 4.39 Å². The number of nitrogens with one attached hydrogen (secondary N) is 1. The van der Waals surface area contributed by atoms with Crippen molar-refractivity contribution in [2.24, 2.45) is 0 Å². The smallest absolute Gasteiger partial charge is 0.0887 e. The van der Waals surface area contributed by atoms with Crippen molar-refractivity contribution in [2.45, 2.75) is 0 Å². The number of rotatable bonds is 6. The van der Waals surface area contributed by atoms with Crippen LogP contribution in [0, 0.1) is 0 Å². The van der Waals surface area contributed by atoms with Gasteiger partial charge in [0, 0.05) is 12.2 Å². The molecule has 0 radical (unpaired) electrons. The quantitative estimate of drug-likeness (QED) is 0.618. The van der Waals surface area contributed by atoms with Crippen molar-refractivity contribution in [1.29, 1.82) is 0 Å². The van der Waals surface area contributed by atoms with E-state index in [0.29, 0.717) is 18.6 Å². The van der Waals surface area contributed by atoms with Crippen LogP contribution in [0.3, 0.4) is 0 Å². The van der Waals surface area contributed by atoms with E-state index >= 15 is 0 Å². The Balaban J connectivity index is 3.76. The van der Waals surface area contributed by atoms with E-state index in [1.807, 2.05) is 6.08 Å².